The summed E-state index contributed by atoms with van der Waals surface area (Å²) in [4.78, 5) is 4.18. The van der Waals surface area contributed by atoms with Crippen LogP contribution < -0.4 is 5.32 Å². The van der Waals surface area contributed by atoms with Gasteiger partial charge in [-0.1, -0.05) is 0 Å². The highest BCUT2D eigenvalue weighted by Crippen LogP contribution is 2.16. The number of anilines is 1. The van der Waals surface area contributed by atoms with Crippen molar-refractivity contribution in [1.29, 1.82) is 0 Å². The largest absolute Gasteiger partial charge is 0.448 e. The molecule has 2 rings (SSSR count). The predicted molar refractivity (Wildman–Crippen MR) is 60.0 cm³/mol. The van der Waals surface area contributed by atoms with Crippen LogP contribution in [0.5, 0.6) is 0 Å². The van der Waals surface area contributed by atoms with Gasteiger partial charge in [-0.2, -0.15) is 0 Å². The summed E-state index contributed by atoms with van der Waals surface area (Å²) in [6.45, 7) is 2.57. The fourth-order valence-electron chi connectivity index (χ4n) is 1.30. The Kier molecular flexibility index (Phi) is 2.92. The van der Waals surface area contributed by atoms with Gasteiger partial charge in [-0.15, -0.1) is 0 Å². The molecule has 0 aromatic carbocycles. The van der Waals surface area contributed by atoms with Gasteiger partial charge in [0, 0.05) is 6.20 Å². The first-order valence-corrected chi connectivity index (χ1v) is 5.03. The number of rotatable bonds is 3. The minimum Gasteiger partial charge on any atom is -0.448 e. The van der Waals surface area contributed by atoms with Crippen LogP contribution in [0.1, 0.15) is 11.5 Å². The van der Waals surface area contributed by atoms with E-state index in [1.165, 1.54) is 0 Å². The third-order valence-corrected chi connectivity index (χ3v) is 2.29. The van der Waals surface area contributed by atoms with E-state index in [1.807, 2.05) is 25.1 Å². The zero-order chi connectivity index (χ0) is 10.7. The molecule has 0 amide bonds. The SMILES string of the molecule is Cc1ncccc1NCc1ccc(Cl)o1. The smallest absolute Gasteiger partial charge is 0.193 e. The molecule has 0 aliphatic carbocycles. The highest BCUT2D eigenvalue weighted by molar-refractivity contribution is 6.28. The van der Waals surface area contributed by atoms with E-state index in [4.69, 9.17) is 16.0 Å². The summed E-state index contributed by atoms with van der Waals surface area (Å²) < 4.78 is 5.23. The Morgan fingerprint density at radius 1 is 1.40 bits per heavy atom. The Bertz CT molecular complexity index is 453. The molecule has 4 heteroatoms. The zero-order valence-corrected chi connectivity index (χ0v) is 9.08. The van der Waals surface area contributed by atoms with Crippen LogP contribution >= 0.6 is 11.6 Å². The molecule has 2 aromatic rings. The molecule has 0 radical (unpaired) electrons. The van der Waals surface area contributed by atoms with Crippen LogP contribution in [0.15, 0.2) is 34.9 Å². The first kappa shape index (κ1) is 10.1. The fourth-order valence-corrected chi connectivity index (χ4v) is 1.46. The molecule has 2 aromatic heterocycles. The van der Waals surface area contributed by atoms with E-state index in [9.17, 15) is 0 Å². The number of aromatic nitrogens is 1. The maximum absolute atomic E-state index is 5.67. The van der Waals surface area contributed by atoms with Gasteiger partial charge in [-0.05, 0) is 42.8 Å². The topological polar surface area (TPSA) is 38.1 Å². The van der Waals surface area contributed by atoms with Gasteiger partial charge < -0.3 is 9.73 Å². The van der Waals surface area contributed by atoms with Crippen molar-refractivity contribution < 1.29 is 4.42 Å². The number of nitrogens with one attached hydrogen (secondary N) is 1. The van der Waals surface area contributed by atoms with Crippen molar-refractivity contribution in [3.05, 3.63) is 47.1 Å². The molecule has 3 nitrogen and oxygen atoms in total. The van der Waals surface area contributed by atoms with Crippen molar-refractivity contribution in [3.8, 4) is 0 Å². The van der Waals surface area contributed by atoms with Crippen molar-refractivity contribution in [1.82, 2.24) is 4.98 Å². The van der Waals surface area contributed by atoms with E-state index < -0.39 is 0 Å². The van der Waals surface area contributed by atoms with E-state index in [0.29, 0.717) is 11.8 Å². The lowest BCUT2D eigenvalue weighted by atomic mass is 10.3. The second kappa shape index (κ2) is 4.36. The van der Waals surface area contributed by atoms with E-state index >= 15 is 0 Å². The summed E-state index contributed by atoms with van der Waals surface area (Å²) in [5.74, 6) is 0.809. The van der Waals surface area contributed by atoms with Gasteiger partial charge in [-0.25, -0.2) is 0 Å². The summed E-state index contributed by atoms with van der Waals surface area (Å²) in [6.07, 6.45) is 1.77. The molecule has 0 aliphatic heterocycles. The molecule has 0 fully saturated rings. The van der Waals surface area contributed by atoms with Crippen LogP contribution in [0.2, 0.25) is 5.22 Å². The summed E-state index contributed by atoms with van der Waals surface area (Å²) >= 11 is 5.67. The number of furan rings is 1. The lowest BCUT2D eigenvalue weighted by Crippen LogP contribution is -2.00. The maximum Gasteiger partial charge on any atom is 0.193 e. The normalized spacial score (nSPS) is 10.3. The number of hydrogen-bond donors (Lipinski definition) is 1. The minimum absolute atomic E-state index is 0.412. The molecule has 78 valence electrons. The van der Waals surface area contributed by atoms with E-state index in [1.54, 1.807) is 12.3 Å². The Hall–Kier alpha value is -1.48. The number of halogens is 1. The lowest BCUT2D eigenvalue weighted by Gasteiger charge is -2.06. The van der Waals surface area contributed by atoms with Gasteiger partial charge >= 0.3 is 0 Å². The van der Waals surface area contributed by atoms with Gasteiger partial charge in [0.15, 0.2) is 5.22 Å². The van der Waals surface area contributed by atoms with Gasteiger partial charge in [0.25, 0.3) is 0 Å². The average Bonchev–Trinajstić information content (AvgIpc) is 2.63. The number of hydrogen-bond acceptors (Lipinski definition) is 3. The van der Waals surface area contributed by atoms with Crippen molar-refractivity contribution in [3.63, 3.8) is 0 Å². The predicted octanol–water partition coefficient (Wildman–Crippen LogP) is 3.25. The van der Waals surface area contributed by atoms with Gasteiger partial charge in [-0.3, -0.25) is 4.98 Å². The molecule has 0 saturated heterocycles. The van der Waals surface area contributed by atoms with Gasteiger partial charge in [0.05, 0.1) is 17.9 Å². The van der Waals surface area contributed by atoms with Crippen LogP contribution in [-0.2, 0) is 6.54 Å². The van der Waals surface area contributed by atoms with Crippen LogP contribution in [0.25, 0.3) is 0 Å². The minimum atomic E-state index is 0.412. The van der Waals surface area contributed by atoms with Crippen LogP contribution in [0.4, 0.5) is 5.69 Å². The average molecular weight is 223 g/mol. The first-order chi connectivity index (χ1) is 7.25. The molecule has 1 N–H and O–H groups in total. The van der Waals surface area contributed by atoms with Crippen molar-refractivity contribution in [2.24, 2.45) is 0 Å². The molecule has 0 saturated carbocycles. The van der Waals surface area contributed by atoms with E-state index in [-0.39, 0.29) is 0 Å². The molecule has 0 bridgehead atoms. The molecule has 0 atom stereocenters. The lowest BCUT2D eigenvalue weighted by molar-refractivity contribution is 0.520. The van der Waals surface area contributed by atoms with Crippen LogP contribution in [0, 0.1) is 6.92 Å². The standard InChI is InChI=1S/C11H11ClN2O/c1-8-10(3-2-6-13-8)14-7-9-4-5-11(12)15-9/h2-6,14H,7H2,1H3. The van der Waals surface area contributed by atoms with Crippen LogP contribution in [0.3, 0.4) is 0 Å². The summed E-state index contributed by atoms with van der Waals surface area (Å²) in [7, 11) is 0. The monoisotopic (exact) mass is 222 g/mol. The quantitative estimate of drug-likeness (QED) is 0.867. The van der Waals surface area contributed by atoms with Gasteiger partial charge in [0.2, 0.25) is 0 Å². The molecule has 0 unspecified atom stereocenters. The Morgan fingerprint density at radius 3 is 2.93 bits per heavy atom. The van der Waals surface area contributed by atoms with Crippen molar-refractivity contribution >= 4 is 17.3 Å². The second-order valence-electron chi connectivity index (χ2n) is 3.20. The zero-order valence-electron chi connectivity index (χ0n) is 8.33. The molecule has 15 heavy (non-hydrogen) atoms. The van der Waals surface area contributed by atoms with Crippen LogP contribution in [-0.4, -0.2) is 4.98 Å². The Labute approximate surface area is 93.1 Å². The Balaban J connectivity index is 2.02. The number of pyridine rings is 1. The summed E-state index contributed by atoms with van der Waals surface area (Å²) in [5, 5.41) is 3.64. The molecular formula is C11H11ClN2O. The highest BCUT2D eigenvalue weighted by atomic mass is 35.5. The fraction of sp³-hybridized carbons (Fsp3) is 0.182. The maximum atomic E-state index is 5.67. The Morgan fingerprint density at radius 2 is 2.27 bits per heavy atom. The molecule has 2 heterocycles. The molecular weight excluding hydrogens is 212 g/mol. The summed E-state index contributed by atoms with van der Waals surface area (Å²) in [6, 6.07) is 7.45. The van der Waals surface area contributed by atoms with E-state index in [0.717, 1.165) is 17.1 Å². The molecule has 0 aliphatic rings. The first-order valence-electron chi connectivity index (χ1n) is 4.65. The highest BCUT2D eigenvalue weighted by Gasteiger charge is 2.01. The number of nitrogens with zero attached hydrogens (tertiary/aromatic N) is 1. The third-order valence-electron chi connectivity index (χ3n) is 2.09. The van der Waals surface area contributed by atoms with Gasteiger partial charge in [0.1, 0.15) is 5.76 Å². The van der Waals surface area contributed by atoms with Crippen molar-refractivity contribution in [2.75, 3.05) is 5.32 Å². The van der Waals surface area contributed by atoms with E-state index in [2.05, 4.69) is 10.3 Å². The van der Waals surface area contributed by atoms with Crippen molar-refractivity contribution in [2.45, 2.75) is 13.5 Å². The third kappa shape index (κ3) is 2.50. The summed E-state index contributed by atoms with van der Waals surface area (Å²) in [5.41, 5.74) is 1.97. The second-order valence-corrected chi connectivity index (χ2v) is 3.57. The number of aryl methyl sites for hydroxylation is 1. The molecule has 0 spiro atoms.